The van der Waals surface area contributed by atoms with Gasteiger partial charge in [-0.05, 0) is 37.2 Å². The first kappa shape index (κ1) is 17.6. The zero-order valence-electron chi connectivity index (χ0n) is 16.0. The summed E-state index contributed by atoms with van der Waals surface area (Å²) < 4.78 is 1.75. The van der Waals surface area contributed by atoms with Crippen LogP contribution in [0.4, 0.5) is 0 Å². The van der Waals surface area contributed by atoms with Crippen molar-refractivity contribution < 1.29 is 4.84 Å². The van der Waals surface area contributed by atoms with Crippen molar-refractivity contribution in [1.82, 2.24) is 35.3 Å². The highest BCUT2D eigenvalue weighted by molar-refractivity contribution is 5.97. The van der Waals surface area contributed by atoms with Crippen LogP contribution in [0.15, 0.2) is 47.9 Å². The number of rotatable bonds is 5. The summed E-state index contributed by atoms with van der Waals surface area (Å²) in [5.74, 6) is 0. The van der Waals surface area contributed by atoms with Crippen LogP contribution in [0, 0.1) is 0 Å². The van der Waals surface area contributed by atoms with Gasteiger partial charge >= 0.3 is 0 Å². The fraction of sp³-hybridized carbons (Fsp3) is 0.300. The first-order chi connectivity index (χ1) is 14.3. The van der Waals surface area contributed by atoms with Gasteiger partial charge in [0.2, 0.25) is 5.65 Å². The predicted octanol–water partition coefficient (Wildman–Crippen LogP) is 1.92. The van der Waals surface area contributed by atoms with E-state index >= 15 is 0 Å². The lowest BCUT2D eigenvalue weighted by atomic mass is 10.1. The maximum atomic E-state index is 5.59. The van der Waals surface area contributed by atoms with E-state index in [1.165, 1.54) is 0 Å². The van der Waals surface area contributed by atoms with Crippen molar-refractivity contribution in [2.24, 2.45) is 5.16 Å². The normalized spacial score (nSPS) is 17.3. The average Bonchev–Trinajstić information content (AvgIpc) is 3.42. The van der Waals surface area contributed by atoms with Crippen molar-refractivity contribution in [3.63, 3.8) is 0 Å². The molecule has 1 aliphatic heterocycles. The third-order valence-corrected chi connectivity index (χ3v) is 4.95. The summed E-state index contributed by atoms with van der Waals surface area (Å²) in [6.45, 7) is 4.18. The molecule has 9 nitrogen and oxygen atoms in total. The lowest BCUT2D eigenvalue weighted by Crippen LogP contribution is -2.15. The number of pyridine rings is 1. The maximum Gasteiger partial charge on any atom is 0.221 e. The van der Waals surface area contributed by atoms with E-state index in [0.29, 0.717) is 29.2 Å². The van der Waals surface area contributed by atoms with Gasteiger partial charge < -0.3 is 10.2 Å². The summed E-state index contributed by atoms with van der Waals surface area (Å²) in [6.07, 6.45) is 4.51. The Morgan fingerprint density at radius 1 is 1.31 bits per heavy atom. The molecule has 9 heteroatoms. The van der Waals surface area contributed by atoms with Crippen LogP contribution in [0.5, 0.6) is 0 Å². The number of benzene rings is 1. The largest absolute Gasteiger partial charge is 0.391 e. The Labute approximate surface area is 166 Å². The van der Waals surface area contributed by atoms with Crippen LogP contribution in [0.25, 0.3) is 22.2 Å². The quantitative estimate of drug-likeness (QED) is 0.411. The van der Waals surface area contributed by atoms with Gasteiger partial charge in [-0.3, -0.25) is 4.98 Å². The fourth-order valence-electron chi connectivity index (χ4n) is 3.35. The van der Waals surface area contributed by atoms with E-state index in [1.54, 1.807) is 17.1 Å². The molecular weight excluding hydrogens is 368 g/mol. The minimum absolute atomic E-state index is 0.108. The number of hydrogen-bond acceptors (Lipinski definition) is 8. The Bertz CT molecular complexity index is 1200. The summed E-state index contributed by atoms with van der Waals surface area (Å²) in [5, 5.41) is 16.9. The van der Waals surface area contributed by atoms with Gasteiger partial charge in [0.15, 0.2) is 5.65 Å². The van der Waals surface area contributed by atoms with Crippen molar-refractivity contribution in [1.29, 1.82) is 0 Å². The van der Waals surface area contributed by atoms with Gasteiger partial charge in [0.05, 0.1) is 18.3 Å². The van der Waals surface area contributed by atoms with Crippen LogP contribution in [-0.4, -0.2) is 54.9 Å². The van der Waals surface area contributed by atoms with Crippen molar-refractivity contribution in [2.75, 3.05) is 13.1 Å². The van der Waals surface area contributed by atoms with E-state index < -0.39 is 0 Å². The zero-order valence-corrected chi connectivity index (χ0v) is 16.0. The predicted molar refractivity (Wildman–Crippen MR) is 109 cm³/mol. The van der Waals surface area contributed by atoms with Gasteiger partial charge in [0, 0.05) is 24.5 Å². The van der Waals surface area contributed by atoms with Gasteiger partial charge in [0.25, 0.3) is 0 Å². The number of oxime groups is 1. The van der Waals surface area contributed by atoms with Crippen molar-refractivity contribution in [3.8, 4) is 0 Å². The third kappa shape index (κ3) is 3.64. The number of aromatic nitrogens is 6. The zero-order chi connectivity index (χ0) is 19.6. The second kappa shape index (κ2) is 7.51. The fourth-order valence-corrected chi connectivity index (χ4v) is 3.35. The summed E-state index contributed by atoms with van der Waals surface area (Å²) in [5.41, 5.74) is 4.50. The lowest BCUT2D eigenvalue weighted by Gasteiger charge is -2.07. The topological polar surface area (TPSA) is 103 Å². The smallest absolute Gasteiger partial charge is 0.221 e. The summed E-state index contributed by atoms with van der Waals surface area (Å²) in [4.78, 5) is 19.0. The minimum Gasteiger partial charge on any atom is -0.391 e. The molecule has 4 heterocycles. The highest BCUT2D eigenvalue weighted by Crippen LogP contribution is 2.16. The second-order valence-corrected chi connectivity index (χ2v) is 7.08. The molecule has 1 saturated heterocycles. The SMILES string of the molecule is C/C(=N\O[C@@H]1CCNC1)c1cnc2nnn(Cc3ccc4ncccc4c3)c2n1. The lowest BCUT2D eigenvalue weighted by molar-refractivity contribution is 0.0735. The van der Waals surface area contributed by atoms with Crippen LogP contribution < -0.4 is 5.32 Å². The molecule has 29 heavy (non-hydrogen) atoms. The van der Waals surface area contributed by atoms with E-state index in [4.69, 9.17) is 4.84 Å². The highest BCUT2D eigenvalue weighted by atomic mass is 16.6. The van der Waals surface area contributed by atoms with Crippen LogP contribution >= 0.6 is 0 Å². The monoisotopic (exact) mass is 388 g/mol. The Balaban J connectivity index is 1.41. The van der Waals surface area contributed by atoms with Crippen LogP contribution in [0.2, 0.25) is 0 Å². The highest BCUT2D eigenvalue weighted by Gasteiger charge is 2.16. The third-order valence-electron chi connectivity index (χ3n) is 4.95. The Morgan fingerprint density at radius 3 is 3.17 bits per heavy atom. The maximum absolute atomic E-state index is 5.59. The number of nitrogens with zero attached hydrogens (tertiary/aromatic N) is 7. The molecule has 0 aliphatic carbocycles. The molecule has 1 atom stereocenters. The molecule has 5 rings (SSSR count). The molecule has 1 aromatic carbocycles. The molecule has 0 amide bonds. The van der Waals surface area contributed by atoms with Gasteiger partial charge in [-0.25, -0.2) is 14.6 Å². The van der Waals surface area contributed by atoms with Gasteiger partial charge in [0.1, 0.15) is 17.5 Å². The second-order valence-electron chi connectivity index (χ2n) is 7.08. The summed E-state index contributed by atoms with van der Waals surface area (Å²) in [6, 6.07) is 10.1. The molecular formula is C20H20N8O. The molecule has 0 radical (unpaired) electrons. The standard InChI is InChI=1S/C20H20N8O/c1-13(26-29-16-6-8-21-10-16)18-11-23-19-20(24-18)28(27-25-19)12-14-4-5-17-15(9-14)3-2-7-22-17/h2-5,7,9,11,16,21H,6,8,10,12H2,1H3/b26-13+/t16-/m1/s1. The van der Waals surface area contributed by atoms with Crippen molar-refractivity contribution in [3.05, 3.63) is 54.0 Å². The molecule has 3 aromatic heterocycles. The van der Waals surface area contributed by atoms with E-state index in [-0.39, 0.29) is 6.10 Å². The molecule has 146 valence electrons. The minimum atomic E-state index is 0.108. The van der Waals surface area contributed by atoms with Gasteiger partial charge in [-0.15, -0.1) is 5.10 Å². The van der Waals surface area contributed by atoms with Crippen molar-refractivity contribution in [2.45, 2.75) is 26.0 Å². The van der Waals surface area contributed by atoms with Gasteiger partial charge in [-0.1, -0.05) is 22.5 Å². The molecule has 4 aromatic rings. The molecule has 0 spiro atoms. The van der Waals surface area contributed by atoms with E-state index in [2.05, 4.69) is 41.8 Å². The van der Waals surface area contributed by atoms with Gasteiger partial charge in [-0.2, -0.15) is 0 Å². The van der Waals surface area contributed by atoms with E-state index in [1.807, 2.05) is 31.2 Å². The van der Waals surface area contributed by atoms with Crippen LogP contribution in [0.3, 0.4) is 0 Å². The summed E-state index contributed by atoms with van der Waals surface area (Å²) in [7, 11) is 0. The molecule has 0 bridgehead atoms. The molecule has 1 fully saturated rings. The van der Waals surface area contributed by atoms with Crippen LogP contribution in [0.1, 0.15) is 24.6 Å². The number of nitrogens with one attached hydrogen (secondary N) is 1. The summed E-state index contributed by atoms with van der Waals surface area (Å²) >= 11 is 0. The molecule has 0 saturated carbocycles. The first-order valence-electron chi connectivity index (χ1n) is 9.58. The first-order valence-corrected chi connectivity index (χ1v) is 9.58. The Kier molecular flexibility index (Phi) is 4.57. The van der Waals surface area contributed by atoms with E-state index in [9.17, 15) is 0 Å². The Hall–Kier alpha value is -3.46. The average molecular weight is 388 g/mol. The molecule has 0 unspecified atom stereocenters. The molecule has 1 aliphatic rings. The Morgan fingerprint density at radius 2 is 2.28 bits per heavy atom. The van der Waals surface area contributed by atoms with Crippen molar-refractivity contribution >= 4 is 27.9 Å². The molecule has 1 N–H and O–H groups in total. The number of hydrogen-bond donors (Lipinski definition) is 1. The number of fused-ring (bicyclic) bond motifs is 2. The van der Waals surface area contributed by atoms with E-state index in [0.717, 1.165) is 36.0 Å². The van der Waals surface area contributed by atoms with Crippen LogP contribution in [-0.2, 0) is 11.4 Å².